The molecular formula is C38H28ClFeN10O8S2. The first kappa shape index (κ1) is 47.7. The largest absolute Gasteiger partial charge is 3.00 e. The standard InChI is InChI=1S/2C19H15N5O2S.ClHO4.Fe/c2*25-24(26)16-10-6-7-14(13-16)18(17-11-4-5-12-20-17)22-23-19(27)21-15-8-2-1-3-9-15;2-1(3,4)5;/h2*1-13H,(H2,21,23,27);(H,2,3,4,5);/q;;;+3/p-3/b2*22-18+;;. The van der Waals surface area contributed by atoms with Gasteiger partial charge in [0.15, 0.2) is 0 Å². The molecule has 0 spiro atoms. The number of hydrogen-bond acceptors (Lipinski definition) is 16. The van der Waals surface area contributed by atoms with Crippen LogP contribution in [0.5, 0.6) is 0 Å². The number of aliphatic imine (C=N–C) groups is 2. The van der Waals surface area contributed by atoms with Crippen molar-refractivity contribution >= 4 is 69.8 Å². The average Bonchev–Trinajstić information content (AvgIpc) is 3.22. The summed E-state index contributed by atoms with van der Waals surface area (Å²) >= 11 is 10.4. The number of nitro benzene ring substituents is 2. The minimum absolute atomic E-state index is 0. The summed E-state index contributed by atoms with van der Waals surface area (Å²) in [7, 11) is -4.94. The van der Waals surface area contributed by atoms with Crippen molar-refractivity contribution in [1.29, 1.82) is 0 Å². The Bertz CT molecular complexity index is 2270. The smallest absolute Gasteiger partial charge is 0.741 e. The molecule has 0 saturated carbocycles. The molecule has 4 aromatic carbocycles. The van der Waals surface area contributed by atoms with Gasteiger partial charge in [0, 0.05) is 58.1 Å². The molecule has 0 unspecified atom stereocenters. The number of non-ortho nitro benzene ring substituents is 2. The second kappa shape index (κ2) is 24.3. The van der Waals surface area contributed by atoms with Crippen LogP contribution in [0.1, 0.15) is 22.5 Å². The molecular weight excluding hydrogens is 880 g/mol. The van der Waals surface area contributed by atoms with Crippen molar-refractivity contribution in [2.45, 2.75) is 0 Å². The van der Waals surface area contributed by atoms with Gasteiger partial charge in [0.2, 0.25) is 0 Å². The Balaban J connectivity index is 0.000000284. The van der Waals surface area contributed by atoms with Gasteiger partial charge in [-0.3, -0.25) is 51.0 Å². The number of hydrogen-bond donors (Lipinski definition) is 2. The number of nitrogens with zero attached hydrogens (tertiary/aromatic N) is 8. The fourth-order valence-corrected chi connectivity index (χ4v) is 4.88. The molecule has 0 saturated heterocycles. The van der Waals surface area contributed by atoms with Gasteiger partial charge in [-0.1, -0.05) is 72.8 Å². The van der Waals surface area contributed by atoms with E-state index in [9.17, 15) is 20.2 Å². The fraction of sp³-hybridized carbons (Fsp3) is 0. The van der Waals surface area contributed by atoms with Crippen LogP contribution >= 0.6 is 0 Å². The van der Waals surface area contributed by atoms with Crippen molar-refractivity contribution in [1.82, 2.24) is 20.8 Å². The van der Waals surface area contributed by atoms with Crippen LogP contribution in [-0.4, -0.2) is 41.6 Å². The Hall–Kier alpha value is -6.65. The molecule has 305 valence electrons. The van der Waals surface area contributed by atoms with Gasteiger partial charge in [0.05, 0.1) is 32.6 Å². The van der Waals surface area contributed by atoms with E-state index in [2.05, 4.69) is 41.0 Å². The first-order chi connectivity index (χ1) is 28.3. The predicted octanol–water partition coefficient (Wildman–Crippen LogP) is 2.37. The molecule has 6 rings (SSSR count). The number of amidine groups is 2. The van der Waals surface area contributed by atoms with E-state index in [4.69, 9.17) is 43.9 Å². The molecule has 0 amide bonds. The minimum atomic E-state index is -4.94. The molecule has 6 aromatic rings. The number of aromatic nitrogens is 2. The number of nitrogens with one attached hydrogen (secondary N) is 2. The van der Waals surface area contributed by atoms with Crippen molar-refractivity contribution in [2.75, 3.05) is 0 Å². The number of para-hydroxylation sites is 2. The second-order valence-corrected chi connectivity index (χ2v) is 12.6. The fourth-order valence-electron chi connectivity index (χ4n) is 4.58. The Morgan fingerprint density at radius 2 is 0.883 bits per heavy atom. The van der Waals surface area contributed by atoms with Crippen LogP contribution in [0.4, 0.5) is 22.7 Å². The quantitative estimate of drug-likeness (QED) is 0.0499. The molecule has 2 heterocycles. The maximum atomic E-state index is 11.1. The van der Waals surface area contributed by atoms with Crippen molar-refractivity contribution in [3.8, 4) is 0 Å². The van der Waals surface area contributed by atoms with Gasteiger partial charge in [-0.2, -0.15) is 10.2 Å². The minimum Gasteiger partial charge on any atom is -0.741 e. The van der Waals surface area contributed by atoms with Gasteiger partial charge in [-0.15, -0.1) is 10.2 Å². The van der Waals surface area contributed by atoms with Crippen LogP contribution in [0.15, 0.2) is 178 Å². The summed E-state index contributed by atoms with van der Waals surface area (Å²) in [6, 6.07) is 41.5. The third-order valence-corrected chi connectivity index (χ3v) is 7.34. The summed E-state index contributed by atoms with van der Waals surface area (Å²) < 4.78 is 34.0. The number of hydrazone groups is 2. The summed E-state index contributed by atoms with van der Waals surface area (Å²) in [6.07, 6.45) is 3.24. The maximum absolute atomic E-state index is 11.1. The molecule has 0 fully saturated rings. The summed E-state index contributed by atoms with van der Waals surface area (Å²) in [5.41, 5.74) is 9.78. The summed E-state index contributed by atoms with van der Waals surface area (Å²) in [4.78, 5) is 38.3. The van der Waals surface area contributed by atoms with Crippen molar-refractivity contribution in [2.24, 2.45) is 20.2 Å². The molecule has 0 aliphatic carbocycles. The van der Waals surface area contributed by atoms with Crippen LogP contribution in [0.25, 0.3) is 0 Å². The zero-order valence-corrected chi connectivity index (χ0v) is 33.9. The van der Waals surface area contributed by atoms with Crippen LogP contribution in [-0.2, 0) is 42.3 Å². The van der Waals surface area contributed by atoms with E-state index in [-0.39, 0.29) is 38.8 Å². The van der Waals surface area contributed by atoms with Crippen LogP contribution < -0.4 is 29.5 Å². The van der Waals surface area contributed by atoms with Gasteiger partial charge >= 0.3 is 17.1 Å². The first-order valence-electron chi connectivity index (χ1n) is 16.5. The van der Waals surface area contributed by atoms with E-state index >= 15 is 0 Å². The Labute approximate surface area is 365 Å². The Morgan fingerprint density at radius 1 is 0.533 bits per heavy atom. The van der Waals surface area contributed by atoms with E-state index in [1.54, 1.807) is 60.9 Å². The third kappa shape index (κ3) is 17.1. The molecule has 0 bridgehead atoms. The molecule has 0 aliphatic heterocycles. The van der Waals surface area contributed by atoms with Gasteiger partial charge in [0.1, 0.15) is 11.4 Å². The van der Waals surface area contributed by atoms with E-state index in [0.717, 1.165) is 0 Å². The molecule has 18 nitrogen and oxygen atoms in total. The Kier molecular flexibility index (Phi) is 19.3. The van der Waals surface area contributed by atoms with Crippen LogP contribution in [0, 0.1) is 30.5 Å². The molecule has 22 heteroatoms. The van der Waals surface area contributed by atoms with Crippen molar-refractivity contribution < 1.29 is 55.8 Å². The molecule has 0 aliphatic rings. The SMILES string of the molecule is O=[N+]([O-])c1cccc(/C(=N\NC([S-])=Nc2ccccc2)c2ccccn2)c1.O=[N+]([O-])c1cccc(/C(=N\NC([S-])=Nc2ccccc2)c2ccccn2)c1.[Fe+3].[O-][Cl+3]([O-])([O-])[O-]. The van der Waals surface area contributed by atoms with E-state index in [1.165, 1.54) is 24.3 Å². The Morgan fingerprint density at radius 3 is 1.20 bits per heavy atom. The molecule has 2 aromatic heterocycles. The normalized spacial score (nSPS) is 11.7. The van der Waals surface area contributed by atoms with Gasteiger partial charge in [0.25, 0.3) is 11.4 Å². The molecule has 1 radical (unpaired) electrons. The number of nitro groups is 2. The zero-order chi connectivity index (χ0) is 42.6. The van der Waals surface area contributed by atoms with Gasteiger partial charge in [-0.25, -0.2) is 18.6 Å². The monoisotopic (exact) mass is 907 g/mol. The molecule has 2 N–H and O–H groups in total. The zero-order valence-electron chi connectivity index (χ0n) is 30.4. The van der Waals surface area contributed by atoms with Gasteiger partial charge in [-0.05, 0) is 48.5 Å². The second-order valence-electron chi connectivity index (χ2n) is 11.1. The third-order valence-electron chi connectivity index (χ3n) is 6.98. The molecule has 60 heavy (non-hydrogen) atoms. The van der Waals surface area contributed by atoms with Crippen LogP contribution in [0.3, 0.4) is 0 Å². The number of benzene rings is 4. The average molecular weight is 908 g/mol. The van der Waals surface area contributed by atoms with Crippen molar-refractivity contribution in [3.05, 3.63) is 201 Å². The van der Waals surface area contributed by atoms with Crippen LogP contribution in [0.2, 0.25) is 0 Å². The van der Waals surface area contributed by atoms with Gasteiger partial charge < -0.3 is 25.3 Å². The number of pyridine rings is 2. The van der Waals surface area contributed by atoms with Crippen molar-refractivity contribution in [3.63, 3.8) is 0 Å². The van der Waals surface area contributed by atoms with E-state index in [1.807, 2.05) is 72.8 Å². The first-order valence-corrected chi connectivity index (χ1v) is 18.5. The summed E-state index contributed by atoms with van der Waals surface area (Å²) in [5, 5.41) is 31.1. The molecule has 0 atom stereocenters. The number of halogens is 1. The summed E-state index contributed by atoms with van der Waals surface area (Å²) in [5.74, 6) is 0. The summed E-state index contributed by atoms with van der Waals surface area (Å²) in [6.45, 7) is 0. The topological polar surface area (TPSA) is 278 Å². The maximum Gasteiger partial charge on any atom is 3.00 e. The van der Waals surface area contributed by atoms with E-state index < -0.39 is 20.1 Å². The number of rotatable bonds is 10. The van der Waals surface area contributed by atoms with E-state index in [0.29, 0.717) is 45.3 Å². The predicted molar refractivity (Wildman–Crippen MR) is 214 cm³/mol.